The molecule has 1 aromatic carbocycles. The zero-order chi connectivity index (χ0) is 13.7. The Balaban J connectivity index is 2.00. The number of primary amides is 1. The fraction of sp³-hybridized carbons (Fsp3) is 0.231. The summed E-state index contributed by atoms with van der Waals surface area (Å²) < 4.78 is 5.04. The molecule has 0 fully saturated rings. The molecule has 0 saturated carbocycles. The van der Waals surface area contributed by atoms with Gasteiger partial charge in [0.1, 0.15) is 18.2 Å². The van der Waals surface area contributed by atoms with Gasteiger partial charge in [0.15, 0.2) is 0 Å². The van der Waals surface area contributed by atoms with Crippen molar-refractivity contribution in [3.05, 3.63) is 30.5 Å². The first kappa shape index (κ1) is 13.1. The van der Waals surface area contributed by atoms with E-state index >= 15 is 0 Å². The van der Waals surface area contributed by atoms with Crippen LogP contribution >= 0.6 is 0 Å². The van der Waals surface area contributed by atoms with Gasteiger partial charge in [-0.25, -0.2) is 4.98 Å². The lowest BCUT2D eigenvalue weighted by Gasteiger charge is -2.09. The molecule has 2 aromatic rings. The Morgan fingerprint density at radius 1 is 1.42 bits per heavy atom. The van der Waals surface area contributed by atoms with Gasteiger partial charge in [0, 0.05) is 18.1 Å². The van der Waals surface area contributed by atoms with Crippen molar-refractivity contribution in [1.29, 1.82) is 0 Å². The maximum absolute atomic E-state index is 10.5. The van der Waals surface area contributed by atoms with E-state index < -0.39 is 5.91 Å². The Hall–Kier alpha value is -2.34. The van der Waals surface area contributed by atoms with Crippen LogP contribution in [0.2, 0.25) is 0 Å². The van der Waals surface area contributed by atoms with Crippen LogP contribution in [0, 0.1) is 0 Å². The average Bonchev–Trinajstić information content (AvgIpc) is 2.38. The molecule has 0 aliphatic rings. The molecule has 0 radical (unpaired) electrons. The van der Waals surface area contributed by atoms with Gasteiger partial charge in [-0.3, -0.25) is 4.79 Å². The van der Waals surface area contributed by atoms with Gasteiger partial charge in [-0.2, -0.15) is 0 Å². The van der Waals surface area contributed by atoms with Crippen LogP contribution in [0.3, 0.4) is 0 Å². The van der Waals surface area contributed by atoms with Gasteiger partial charge >= 0.3 is 0 Å². The summed E-state index contributed by atoms with van der Waals surface area (Å²) >= 11 is 0. The lowest BCUT2D eigenvalue weighted by molar-refractivity contribution is -0.122. The van der Waals surface area contributed by atoms with E-state index in [2.05, 4.69) is 10.3 Å². The summed E-state index contributed by atoms with van der Waals surface area (Å²) in [6, 6.07) is 6.96. The number of rotatable bonds is 6. The molecule has 0 spiro atoms. The maximum Gasteiger partial charge on any atom is 0.243 e. The number of ether oxygens (including phenoxy) is 1. The Morgan fingerprint density at radius 3 is 3.05 bits per heavy atom. The summed E-state index contributed by atoms with van der Waals surface area (Å²) in [4.78, 5) is 14.7. The van der Waals surface area contributed by atoms with E-state index in [0.717, 1.165) is 10.8 Å². The summed E-state index contributed by atoms with van der Waals surface area (Å²) in [5.74, 6) is 0.359. The number of hydrogen-bond donors (Lipinski definition) is 3. The molecule has 4 N–H and O–H groups in total. The Morgan fingerprint density at radius 2 is 2.26 bits per heavy atom. The minimum atomic E-state index is -0.492. The van der Waals surface area contributed by atoms with Crippen LogP contribution in [0.5, 0.6) is 5.75 Å². The highest BCUT2D eigenvalue weighted by Crippen LogP contribution is 2.24. The first-order chi connectivity index (χ1) is 9.16. The van der Waals surface area contributed by atoms with Crippen LogP contribution in [0.4, 0.5) is 5.82 Å². The zero-order valence-electron chi connectivity index (χ0n) is 10.3. The van der Waals surface area contributed by atoms with Crippen molar-refractivity contribution in [2.24, 2.45) is 5.73 Å². The highest BCUT2D eigenvalue weighted by molar-refractivity contribution is 5.92. The van der Waals surface area contributed by atoms with E-state index in [0.29, 0.717) is 19.0 Å². The van der Waals surface area contributed by atoms with Crippen LogP contribution in [0.15, 0.2) is 30.5 Å². The van der Waals surface area contributed by atoms with Gasteiger partial charge in [0.25, 0.3) is 0 Å². The molecule has 2 rings (SSSR count). The van der Waals surface area contributed by atoms with Crippen molar-refractivity contribution < 1.29 is 14.6 Å². The van der Waals surface area contributed by atoms with Crippen LogP contribution in [-0.4, -0.2) is 35.8 Å². The Labute approximate surface area is 110 Å². The molecular formula is C13H15N3O3. The first-order valence-electron chi connectivity index (χ1n) is 5.84. The molecule has 6 heteroatoms. The number of amides is 1. The fourth-order valence-electron chi connectivity index (χ4n) is 1.71. The normalized spacial score (nSPS) is 10.5. The maximum atomic E-state index is 10.5. The monoisotopic (exact) mass is 261 g/mol. The largest absolute Gasteiger partial charge is 0.508 e. The fourth-order valence-corrected chi connectivity index (χ4v) is 1.71. The van der Waals surface area contributed by atoms with Crippen LogP contribution in [0.1, 0.15) is 0 Å². The molecule has 1 aromatic heterocycles. The van der Waals surface area contributed by atoms with Gasteiger partial charge in [-0.15, -0.1) is 0 Å². The predicted molar refractivity (Wildman–Crippen MR) is 71.9 cm³/mol. The van der Waals surface area contributed by atoms with Gasteiger partial charge < -0.3 is 20.9 Å². The summed E-state index contributed by atoms with van der Waals surface area (Å²) in [6.45, 7) is 0.750. The van der Waals surface area contributed by atoms with E-state index in [4.69, 9.17) is 10.5 Å². The predicted octanol–water partition coefficient (Wildman–Crippen LogP) is 0.854. The molecule has 0 atom stereocenters. The van der Waals surface area contributed by atoms with E-state index in [9.17, 15) is 9.90 Å². The number of phenols is 1. The minimum absolute atomic E-state index is 0.0918. The van der Waals surface area contributed by atoms with Gasteiger partial charge in [0.2, 0.25) is 5.91 Å². The average molecular weight is 261 g/mol. The number of nitrogens with one attached hydrogen (secondary N) is 1. The number of aromatic nitrogens is 1. The van der Waals surface area contributed by atoms with Crippen molar-refractivity contribution in [3.63, 3.8) is 0 Å². The standard InChI is InChI=1S/C13H15N3O3/c14-12(18)8-19-6-5-16-13-11-7-10(17)2-1-9(11)3-4-15-13/h1-4,7,17H,5-6,8H2,(H2,14,18)(H,15,16). The number of nitrogens with two attached hydrogens (primary N) is 1. The van der Waals surface area contributed by atoms with Crippen molar-refractivity contribution in [3.8, 4) is 5.75 Å². The van der Waals surface area contributed by atoms with Gasteiger partial charge in [0.05, 0.1) is 6.61 Å². The van der Waals surface area contributed by atoms with Crippen molar-refractivity contribution in [1.82, 2.24) is 4.98 Å². The Bertz CT molecular complexity index is 586. The zero-order valence-corrected chi connectivity index (χ0v) is 10.3. The smallest absolute Gasteiger partial charge is 0.243 e. The number of aromatic hydroxyl groups is 1. The number of anilines is 1. The molecule has 6 nitrogen and oxygen atoms in total. The summed E-state index contributed by atoms with van der Waals surface area (Å²) in [6.07, 6.45) is 1.69. The quantitative estimate of drug-likeness (QED) is 0.670. The number of carbonyl (C=O) groups is 1. The second-order valence-corrected chi connectivity index (χ2v) is 4.01. The van der Waals surface area contributed by atoms with E-state index in [1.807, 2.05) is 12.1 Å². The van der Waals surface area contributed by atoms with E-state index in [-0.39, 0.29) is 12.4 Å². The molecule has 0 aliphatic heterocycles. The van der Waals surface area contributed by atoms with Crippen molar-refractivity contribution in [2.45, 2.75) is 0 Å². The summed E-state index contributed by atoms with van der Waals surface area (Å²) in [5, 5.41) is 14.4. The van der Waals surface area contributed by atoms with E-state index in [1.54, 1.807) is 18.3 Å². The van der Waals surface area contributed by atoms with Crippen LogP contribution in [0.25, 0.3) is 10.8 Å². The highest BCUT2D eigenvalue weighted by Gasteiger charge is 2.03. The molecule has 0 bridgehead atoms. The molecular weight excluding hydrogens is 246 g/mol. The second-order valence-electron chi connectivity index (χ2n) is 4.01. The lowest BCUT2D eigenvalue weighted by atomic mass is 10.1. The second kappa shape index (κ2) is 6.01. The number of nitrogens with zero attached hydrogens (tertiary/aromatic N) is 1. The third kappa shape index (κ3) is 3.56. The number of phenolic OH excluding ortho intramolecular Hbond substituents is 1. The van der Waals surface area contributed by atoms with Gasteiger partial charge in [-0.05, 0) is 23.6 Å². The van der Waals surface area contributed by atoms with Gasteiger partial charge in [-0.1, -0.05) is 6.07 Å². The number of pyridine rings is 1. The topological polar surface area (TPSA) is 97.5 Å². The number of benzene rings is 1. The van der Waals surface area contributed by atoms with Crippen molar-refractivity contribution in [2.75, 3.05) is 25.1 Å². The summed E-state index contributed by atoms with van der Waals surface area (Å²) in [5.41, 5.74) is 4.95. The molecule has 100 valence electrons. The Kier molecular flexibility index (Phi) is 4.15. The SMILES string of the molecule is NC(=O)COCCNc1nccc2ccc(O)cc12. The van der Waals surface area contributed by atoms with Crippen molar-refractivity contribution >= 4 is 22.5 Å². The molecule has 19 heavy (non-hydrogen) atoms. The highest BCUT2D eigenvalue weighted by atomic mass is 16.5. The number of carbonyl (C=O) groups excluding carboxylic acids is 1. The lowest BCUT2D eigenvalue weighted by Crippen LogP contribution is -2.20. The molecule has 0 unspecified atom stereocenters. The number of fused-ring (bicyclic) bond motifs is 1. The van der Waals surface area contributed by atoms with Crippen LogP contribution in [-0.2, 0) is 9.53 Å². The minimum Gasteiger partial charge on any atom is -0.508 e. The third-order valence-corrected chi connectivity index (χ3v) is 2.53. The molecule has 1 amide bonds. The molecule has 0 saturated heterocycles. The third-order valence-electron chi connectivity index (χ3n) is 2.53. The van der Waals surface area contributed by atoms with Crippen LogP contribution < -0.4 is 11.1 Å². The summed E-state index contributed by atoms with van der Waals surface area (Å²) in [7, 11) is 0. The number of hydrogen-bond acceptors (Lipinski definition) is 5. The van der Waals surface area contributed by atoms with E-state index in [1.165, 1.54) is 0 Å². The molecule has 0 aliphatic carbocycles. The first-order valence-corrected chi connectivity index (χ1v) is 5.84. The molecule has 1 heterocycles.